The predicted molar refractivity (Wildman–Crippen MR) is 86.9 cm³/mol. The van der Waals surface area contributed by atoms with Crippen LogP contribution in [0, 0.1) is 11.8 Å². The Labute approximate surface area is 131 Å². The molecule has 0 saturated heterocycles. The lowest BCUT2D eigenvalue weighted by Gasteiger charge is -2.03. The van der Waals surface area contributed by atoms with Crippen LogP contribution in [0.5, 0.6) is 5.75 Å². The summed E-state index contributed by atoms with van der Waals surface area (Å²) in [7, 11) is -1.77. The fraction of sp³-hybridized carbons (Fsp3) is 0.176. The zero-order valence-electron chi connectivity index (χ0n) is 12.2. The highest BCUT2D eigenvalue weighted by Crippen LogP contribution is 2.10. The number of rotatable bonds is 5. The molecule has 0 aliphatic rings. The van der Waals surface area contributed by atoms with E-state index in [2.05, 4.69) is 16.6 Å². The molecule has 0 unspecified atom stereocenters. The quantitative estimate of drug-likeness (QED) is 0.860. The van der Waals surface area contributed by atoms with Gasteiger partial charge in [0.15, 0.2) is 0 Å². The summed E-state index contributed by atoms with van der Waals surface area (Å²) in [6.45, 7) is 0.0845. The number of ether oxygens (including phenoxy) is 1. The second kappa shape index (κ2) is 7.64. The van der Waals surface area contributed by atoms with Gasteiger partial charge in [0.05, 0.1) is 19.4 Å². The summed E-state index contributed by atoms with van der Waals surface area (Å²) in [5.41, 5.74) is 1.56. The van der Waals surface area contributed by atoms with Crippen LogP contribution in [0.1, 0.15) is 11.1 Å². The van der Waals surface area contributed by atoms with Gasteiger partial charge in [-0.15, -0.1) is 0 Å². The zero-order valence-corrected chi connectivity index (χ0v) is 13.1. The molecule has 4 nitrogen and oxygen atoms in total. The van der Waals surface area contributed by atoms with Gasteiger partial charge in [0.25, 0.3) is 0 Å². The van der Waals surface area contributed by atoms with Crippen LogP contribution in [0.4, 0.5) is 0 Å². The summed E-state index contributed by atoms with van der Waals surface area (Å²) in [4.78, 5) is 0. The molecular weight excluding hydrogens is 298 g/mol. The topological polar surface area (TPSA) is 55.4 Å². The molecule has 0 bridgehead atoms. The standard InChI is InChI=1S/C17H17NO3S/c1-21-17-11-9-15(10-12-17)8-5-13-18-22(19,20)14-16-6-3-2-4-7-16/h2-4,6-7,9-12,18H,13-14H2,1H3. The first kappa shape index (κ1) is 16.1. The largest absolute Gasteiger partial charge is 0.497 e. The minimum absolute atomic E-state index is 0.0436. The van der Waals surface area contributed by atoms with Crippen molar-refractivity contribution in [2.75, 3.05) is 13.7 Å². The summed E-state index contributed by atoms with van der Waals surface area (Å²) in [6, 6.07) is 16.3. The van der Waals surface area contributed by atoms with Crippen molar-refractivity contribution in [2.45, 2.75) is 5.75 Å². The van der Waals surface area contributed by atoms with Gasteiger partial charge in [-0.2, -0.15) is 0 Å². The third-order valence-corrected chi connectivity index (χ3v) is 4.20. The van der Waals surface area contributed by atoms with Crippen LogP contribution in [-0.2, 0) is 15.8 Å². The minimum atomic E-state index is -3.37. The predicted octanol–water partition coefficient (Wildman–Crippen LogP) is 2.17. The van der Waals surface area contributed by atoms with Crippen LogP contribution in [-0.4, -0.2) is 22.1 Å². The van der Waals surface area contributed by atoms with E-state index in [1.807, 2.05) is 42.5 Å². The first-order valence-electron chi connectivity index (χ1n) is 6.73. The van der Waals surface area contributed by atoms with Gasteiger partial charge in [-0.05, 0) is 29.8 Å². The zero-order chi connectivity index (χ0) is 15.8. The maximum atomic E-state index is 11.9. The molecule has 0 saturated carbocycles. The van der Waals surface area contributed by atoms with Crippen LogP contribution in [0.2, 0.25) is 0 Å². The maximum Gasteiger partial charge on any atom is 0.216 e. The summed E-state index contributed by atoms with van der Waals surface area (Å²) < 4.78 is 31.3. The van der Waals surface area contributed by atoms with E-state index in [0.717, 1.165) is 16.9 Å². The second-order valence-electron chi connectivity index (χ2n) is 4.60. The number of hydrogen-bond acceptors (Lipinski definition) is 3. The Hall–Kier alpha value is -2.29. The number of sulfonamides is 1. The smallest absolute Gasteiger partial charge is 0.216 e. The van der Waals surface area contributed by atoms with Crippen LogP contribution >= 0.6 is 0 Å². The Morgan fingerprint density at radius 1 is 1.05 bits per heavy atom. The third kappa shape index (κ3) is 5.24. The van der Waals surface area contributed by atoms with Crippen molar-refractivity contribution in [1.29, 1.82) is 0 Å². The van der Waals surface area contributed by atoms with Gasteiger partial charge in [-0.3, -0.25) is 0 Å². The van der Waals surface area contributed by atoms with Crippen molar-refractivity contribution < 1.29 is 13.2 Å². The highest BCUT2D eigenvalue weighted by molar-refractivity contribution is 7.88. The van der Waals surface area contributed by atoms with Gasteiger partial charge in [0.2, 0.25) is 10.0 Å². The lowest BCUT2D eigenvalue weighted by Crippen LogP contribution is -2.25. The van der Waals surface area contributed by atoms with E-state index in [0.29, 0.717) is 0 Å². The van der Waals surface area contributed by atoms with Crippen molar-refractivity contribution in [3.63, 3.8) is 0 Å². The fourth-order valence-corrected chi connectivity index (χ4v) is 2.84. The van der Waals surface area contributed by atoms with Crippen LogP contribution in [0.15, 0.2) is 54.6 Å². The molecule has 22 heavy (non-hydrogen) atoms. The van der Waals surface area contributed by atoms with E-state index >= 15 is 0 Å². The molecule has 1 N–H and O–H groups in total. The van der Waals surface area contributed by atoms with Gasteiger partial charge in [0, 0.05) is 5.56 Å². The van der Waals surface area contributed by atoms with Gasteiger partial charge >= 0.3 is 0 Å². The molecule has 2 aromatic rings. The average Bonchev–Trinajstić information content (AvgIpc) is 2.53. The molecule has 0 aliphatic carbocycles. The van der Waals surface area contributed by atoms with Crippen molar-refractivity contribution in [3.05, 3.63) is 65.7 Å². The summed E-state index contributed by atoms with van der Waals surface area (Å²) in [6.07, 6.45) is 0. The van der Waals surface area contributed by atoms with E-state index in [-0.39, 0.29) is 12.3 Å². The van der Waals surface area contributed by atoms with Crippen molar-refractivity contribution in [1.82, 2.24) is 4.72 Å². The first-order valence-corrected chi connectivity index (χ1v) is 8.38. The highest BCUT2D eigenvalue weighted by atomic mass is 32.2. The molecule has 0 amide bonds. The third-order valence-electron chi connectivity index (χ3n) is 2.90. The lowest BCUT2D eigenvalue weighted by molar-refractivity contribution is 0.415. The van der Waals surface area contributed by atoms with Crippen molar-refractivity contribution >= 4 is 10.0 Å². The van der Waals surface area contributed by atoms with Gasteiger partial charge in [-0.25, -0.2) is 13.1 Å². The summed E-state index contributed by atoms with van der Waals surface area (Å²) in [5.74, 6) is 6.41. The number of nitrogens with one attached hydrogen (secondary N) is 1. The highest BCUT2D eigenvalue weighted by Gasteiger charge is 2.09. The second-order valence-corrected chi connectivity index (χ2v) is 6.40. The van der Waals surface area contributed by atoms with E-state index in [1.54, 1.807) is 19.2 Å². The molecule has 0 spiro atoms. The van der Waals surface area contributed by atoms with Crippen molar-refractivity contribution in [2.24, 2.45) is 0 Å². The van der Waals surface area contributed by atoms with Crippen LogP contribution < -0.4 is 9.46 Å². The molecule has 2 rings (SSSR count). The number of methoxy groups -OCH3 is 1. The molecule has 0 fully saturated rings. The van der Waals surface area contributed by atoms with Crippen LogP contribution in [0.25, 0.3) is 0 Å². The molecule has 0 aliphatic heterocycles. The first-order chi connectivity index (χ1) is 10.6. The van der Waals surface area contributed by atoms with Gasteiger partial charge < -0.3 is 4.74 Å². The Morgan fingerprint density at radius 2 is 1.73 bits per heavy atom. The Morgan fingerprint density at radius 3 is 2.36 bits per heavy atom. The monoisotopic (exact) mass is 315 g/mol. The Bertz CT molecular complexity index is 757. The van der Waals surface area contributed by atoms with Gasteiger partial charge in [0.1, 0.15) is 5.75 Å². The van der Waals surface area contributed by atoms with E-state index < -0.39 is 10.0 Å². The summed E-state index contributed by atoms with van der Waals surface area (Å²) in [5, 5.41) is 0. The van der Waals surface area contributed by atoms with Crippen molar-refractivity contribution in [3.8, 4) is 17.6 Å². The summed E-state index contributed by atoms with van der Waals surface area (Å²) >= 11 is 0. The molecule has 2 aromatic carbocycles. The lowest BCUT2D eigenvalue weighted by atomic mass is 10.2. The SMILES string of the molecule is COc1ccc(C#CCNS(=O)(=O)Cc2ccccc2)cc1. The number of benzene rings is 2. The Kier molecular flexibility index (Phi) is 5.59. The Balaban J connectivity index is 1.88. The normalized spacial score (nSPS) is 10.6. The molecule has 0 atom stereocenters. The molecule has 0 aromatic heterocycles. The molecular formula is C17H17NO3S. The molecule has 114 valence electrons. The minimum Gasteiger partial charge on any atom is -0.497 e. The van der Waals surface area contributed by atoms with E-state index in [4.69, 9.17) is 4.74 Å². The molecule has 5 heteroatoms. The van der Waals surface area contributed by atoms with Crippen LogP contribution in [0.3, 0.4) is 0 Å². The molecule has 0 heterocycles. The van der Waals surface area contributed by atoms with Gasteiger partial charge in [-0.1, -0.05) is 42.2 Å². The van der Waals surface area contributed by atoms with E-state index in [1.165, 1.54) is 0 Å². The number of hydrogen-bond donors (Lipinski definition) is 1. The molecule has 0 radical (unpaired) electrons. The average molecular weight is 315 g/mol. The van der Waals surface area contributed by atoms with E-state index in [9.17, 15) is 8.42 Å². The fourth-order valence-electron chi connectivity index (χ4n) is 1.81. The maximum absolute atomic E-state index is 11.9.